The lowest BCUT2D eigenvalue weighted by molar-refractivity contribution is 0.0913. The van der Waals surface area contributed by atoms with Gasteiger partial charge in [0.25, 0.3) is 5.91 Å². The molecule has 1 amide bonds. The van der Waals surface area contributed by atoms with Crippen LogP contribution >= 0.6 is 0 Å². The highest BCUT2D eigenvalue weighted by atomic mass is 19.1. The number of likely N-dealkylation sites (tertiary alicyclic amines) is 1. The van der Waals surface area contributed by atoms with Gasteiger partial charge in [0, 0.05) is 31.6 Å². The van der Waals surface area contributed by atoms with Gasteiger partial charge in [0.15, 0.2) is 0 Å². The first-order valence-corrected chi connectivity index (χ1v) is 10.0. The number of rotatable bonds is 6. The average molecular weight is 411 g/mol. The minimum absolute atomic E-state index is 0.150. The van der Waals surface area contributed by atoms with Crippen molar-refractivity contribution in [1.29, 1.82) is 0 Å². The van der Waals surface area contributed by atoms with E-state index in [2.05, 4.69) is 15.4 Å². The van der Waals surface area contributed by atoms with Crippen molar-refractivity contribution in [2.75, 3.05) is 13.1 Å². The Labute approximate surface area is 173 Å². The molecule has 0 aliphatic carbocycles. The Morgan fingerprint density at radius 2 is 1.93 bits per heavy atom. The van der Waals surface area contributed by atoms with Gasteiger partial charge in [-0.2, -0.15) is 0 Å². The van der Waals surface area contributed by atoms with E-state index in [4.69, 9.17) is 4.52 Å². The van der Waals surface area contributed by atoms with E-state index >= 15 is 0 Å². The van der Waals surface area contributed by atoms with Crippen LogP contribution in [-0.4, -0.2) is 29.1 Å². The fourth-order valence-electron chi connectivity index (χ4n) is 3.79. The van der Waals surface area contributed by atoms with E-state index in [1.807, 2.05) is 0 Å². The minimum Gasteiger partial charge on any atom is -0.351 e. The summed E-state index contributed by atoms with van der Waals surface area (Å²) in [5.41, 5.74) is 2.50. The van der Waals surface area contributed by atoms with Crippen molar-refractivity contribution in [2.24, 2.45) is 0 Å². The molecule has 4 rings (SSSR count). The molecule has 0 radical (unpaired) electrons. The van der Waals surface area contributed by atoms with Gasteiger partial charge in [-0.25, -0.2) is 8.78 Å². The molecular weight excluding hydrogens is 388 g/mol. The first kappa shape index (κ1) is 20.2. The minimum atomic E-state index is -0.378. The molecule has 7 heteroatoms. The van der Waals surface area contributed by atoms with E-state index < -0.39 is 0 Å². The van der Waals surface area contributed by atoms with E-state index in [0.29, 0.717) is 5.56 Å². The third-order valence-corrected chi connectivity index (χ3v) is 5.34. The highest BCUT2D eigenvalue weighted by Crippen LogP contribution is 2.27. The molecule has 0 bridgehead atoms. The predicted molar refractivity (Wildman–Crippen MR) is 108 cm³/mol. The van der Waals surface area contributed by atoms with Gasteiger partial charge in [-0.1, -0.05) is 29.4 Å². The monoisotopic (exact) mass is 411 g/mol. The van der Waals surface area contributed by atoms with Gasteiger partial charge in [-0.05, 0) is 54.8 Å². The second-order valence-electron chi connectivity index (χ2n) is 7.63. The number of piperidine rings is 1. The first-order chi connectivity index (χ1) is 14.6. The number of hydrogen-bond acceptors (Lipinski definition) is 4. The van der Waals surface area contributed by atoms with Crippen molar-refractivity contribution in [3.63, 3.8) is 0 Å². The third-order valence-electron chi connectivity index (χ3n) is 5.34. The molecule has 3 aromatic rings. The maximum Gasteiger partial charge on any atom is 0.290 e. The summed E-state index contributed by atoms with van der Waals surface area (Å²) < 4.78 is 31.6. The number of benzene rings is 2. The molecule has 1 aliphatic rings. The predicted octanol–water partition coefficient (Wildman–Crippen LogP) is 4.26. The van der Waals surface area contributed by atoms with Crippen LogP contribution in [-0.2, 0) is 13.1 Å². The summed E-state index contributed by atoms with van der Waals surface area (Å²) in [5, 5.41) is 6.84. The summed E-state index contributed by atoms with van der Waals surface area (Å²) in [4.78, 5) is 14.7. The maximum atomic E-state index is 13.2. The molecule has 0 spiro atoms. The quantitative estimate of drug-likeness (QED) is 0.658. The van der Waals surface area contributed by atoms with Crippen molar-refractivity contribution < 1.29 is 18.1 Å². The molecule has 1 saturated heterocycles. The molecule has 30 heavy (non-hydrogen) atoms. The lowest BCUT2D eigenvalue weighted by Crippen LogP contribution is -2.34. The second kappa shape index (κ2) is 9.17. The highest BCUT2D eigenvalue weighted by molar-refractivity contribution is 5.91. The normalized spacial score (nSPS) is 17.1. The maximum absolute atomic E-state index is 13.2. The number of nitrogens with zero attached hydrogens (tertiary/aromatic N) is 2. The lowest BCUT2D eigenvalue weighted by Gasteiger charge is -2.31. The summed E-state index contributed by atoms with van der Waals surface area (Å²) in [5.74, 6) is -0.631. The molecule has 0 saturated carbocycles. The van der Waals surface area contributed by atoms with Gasteiger partial charge < -0.3 is 9.84 Å². The Bertz CT molecular complexity index is 1000. The molecule has 156 valence electrons. The van der Waals surface area contributed by atoms with Crippen molar-refractivity contribution in [3.8, 4) is 0 Å². The highest BCUT2D eigenvalue weighted by Gasteiger charge is 2.25. The summed E-state index contributed by atoms with van der Waals surface area (Å²) in [6, 6.07) is 14.3. The van der Waals surface area contributed by atoms with E-state index in [9.17, 15) is 13.6 Å². The molecule has 1 aromatic heterocycles. The zero-order valence-corrected chi connectivity index (χ0v) is 16.5. The number of nitrogens with one attached hydrogen (secondary N) is 1. The van der Waals surface area contributed by atoms with Gasteiger partial charge >= 0.3 is 0 Å². The number of hydrogen-bond donors (Lipinski definition) is 1. The number of amides is 1. The van der Waals surface area contributed by atoms with Crippen LogP contribution in [0.25, 0.3) is 0 Å². The summed E-state index contributed by atoms with van der Waals surface area (Å²) in [6.45, 7) is 2.72. The first-order valence-electron chi connectivity index (χ1n) is 10.0. The summed E-state index contributed by atoms with van der Waals surface area (Å²) >= 11 is 0. The summed E-state index contributed by atoms with van der Waals surface area (Å²) in [7, 11) is 0. The van der Waals surface area contributed by atoms with E-state index in [1.165, 1.54) is 24.3 Å². The van der Waals surface area contributed by atoms with Crippen molar-refractivity contribution in [2.45, 2.75) is 31.8 Å². The van der Waals surface area contributed by atoms with Crippen molar-refractivity contribution in [1.82, 2.24) is 15.4 Å². The molecular formula is C23H23F2N3O2. The Morgan fingerprint density at radius 3 is 2.73 bits per heavy atom. The van der Waals surface area contributed by atoms with Crippen LogP contribution < -0.4 is 5.32 Å². The van der Waals surface area contributed by atoms with Gasteiger partial charge in [-0.15, -0.1) is 0 Å². The molecule has 1 unspecified atom stereocenters. The molecule has 1 atom stereocenters. The molecule has 2 aromatic carbocycles. The Morgan fingerprint density at radius 1 is 1.10 bits per heavy atom. The molecule has 1 aliphatic heterocycles. The van der Waals surface area contributed by atoms with Gasteiger partial charge in [0.2, 0.25) is 5.76 Å². The van der Waals surface area contributed by atoms with E-state index in [0.717, 1.165) is 43.7 Å². The van der Waals surface area contributed by atoms with E-state index in [-0.39, 0.29) is 35.8 Å². The number of halogens is 2. The van der Waals surface area contributed by atoms with Crippen LogP contribution in [0.3, 0.4) is 0 Å². The number of carbonyl (C=O) groups is 1. The number of carbonyl (C=O) groups excluding carboxylic acids is 1. The van der Waals surface area contributed by atoms with E-state index in [1.54, 1.807) is 30.3 Å². The largest absolute Gasteiger partial charge is 0.351 e. The van der Waals surface area contributed by atoms with Gasteiger partial charge in [0.1, 0.15) is 11.6 Å². The lowest BCUT2D eigenvalue weighted by atomic mass is 9.94. The fourth-order valence-corrected chi connectivity index (χ4v) is 3.79. The second-order valence-corrected chi connectivity index (χ2v) is 7.63. The molecule has 1 fully saturated rings. The smallest absolute Gasteiger partial charge is 0.290 e. The fraction of sp³-hybridized carbons (Fsp3) is 0.304. The molecule has 1 N–H and O–H groups in total. The zero-order valence-electron chi connectivity index (χ0n) is 16.5. The van der Waals surface area contributed by atoms with Crippen LogP contribution in [0.4, 0.5) is 8.78 Å². The average Bonchev–Trinajstić information content (AvgIpc) is 3.25. The Balaban J connectivity index is 1.34. The summed E-state index contributed by atoms with van der Waals surface area (Å²) in [6.07, 6.45) is 1.98. The third kappa shape index (κ3) is 5.10. The van der Waals surface area contributed by atoms with Crippen molar-refractivity contribution in [3.05, 3.63) is 88.8 Å². The molecule has 5 nitrogen and oxygen atoms in total. The Kier molecular flexibility index (Phi) is 6.18. The van der Waals surface area contributed by atoms with Crippen LogP contribution in [0.15, 0.2) is 59.1 Å². The van der Waals surface area contributed by atoms with Crippen molar-refractivity contribution >= 4 is 5.91 Å². The van der Waals surface area contributed by atoms with Crippen LogP contribution in [0, 0.1) is 11.6 Å². The Hall–Kier alpha value is -3.06. The van der Waals surface area contributed by atoms with Crippen LogP contribution in [0.1, 0.15) is 46.1 Å². The molecule has 2 heterocycles. The van der Waals surface area contributed by atoms with Crippen LogP contribution in [0.5, 0.6) is 0 Å². The SMILES string of the molecule is O=C(NCc1cccc(F)c1)c1cc(C2CCCN(Cc3ccc(F)cc3)C2)no1. The van der Waals surface area contributed by atoms with Gasteiger partial charge in [-0.3, -0.25) is 9.69 Å². The zero-order chi connectivity index (χ0) is 20.9. The van der Waals surface area contributed by atoms with Gasteiger partial charge in [0.05, 0.1) is 5.69 Å². The van der Waals surface area contributed by atoms with Crippen LogP contribution in [0.2, 0.25) is 0 Å². The number of aromatic nitrogens is 1. The standard InChI is InChI=1S/C23H23F2N3O2/c24-19-8-6-16(7-9-19)14-28-10-2-4-18(15-28)21-12-22(30-27-21)23(29)26-13-17-3-1-5-20(25)11-17/h1,3,5-9,11-12,18H,2,4,10,13-15H2,(H,26,29). The topological polar surface area (TPSA) is 58.4 Å².